The van der Waals surface area contributed by atoms with E-state index in [1.807, 2.05) is 18.2 Å². The number of amides is 1. The van der Waals surface area contributed by atoms with E-state index < -0.39 is 5.97 Å². The van der Waals surface area contributed by atoms with E-state index >= 15 is 0 Å². The minimum Gasteiger partial charge on any atom is -0.482 e. The van der Waals surface area contributed by atoms with E-state index in [4.69, 9.17) is 9.47 Å². The van der Waals surface area contributed by atoms with E-state index in [0.717, 1.165) is 24.8 Å². The van der Waals surface area contributed by atoms with Crippen LogP contribution < -0.4 is 4.74 Å². The third-order valence-corrected chi connectivity index (χ3v) is 4.73. The van der Waals surface area contributed by atoms with Crippen LogP contribution in [-0.2, 0) is 20.7 Å². The Bertz CT molecular complexity index is 806. The van der Waals surface area contributed by atoms with E-state index in [0.29, 0.717) is 5.75 Å². The molecule has 27 heavy (non-hydrogen) atoms. The zero-order chi connectivity index (χ0) is 19.2. The molecule has 2 aromatic carbocycles. The Morgan fingerprint density at radius 1 is 1.11 bits per heavy atom. The highest BCUT2D eigenvalue weighted by atomic mass is 19.1. The number of fused-ring (bicyclic) bond motifs is 1. The van der Waals surface area contributed by atoms with Gasteiger partial charge in [0.15, 0.2) is 13.2 Å². The third-order valence-electron chi connectivity index (χ3n) is 4.73. The van der Waals surface area contributed by atoms with E-state index in [-0.39, 0.29) is 31.0 Å². The van der Waals surface area contributed by atoms with Gasteiger partial charge < -0.3 is 14.4 Å². The molecule has 0 aromatic heterocycles. The first-order valence-electron chi connectivity index (χ1n) is 8.92. The van der Waals surface area contributed by atoms with Crippen LogP contribution in [0.1, 0.15) is 30.0 Å². The van der Waals surface area contributed by atoms with E-state index in [9.17, 15) is 14.0 Å². The maximum absolute atomic E-state index is 12.8. The quantitative estimate of drug-likeness (QED) is 0.732. The summed E-state index contributed by atoms with van der Waals surface area (Å²) >= 11 is 0. The van der Waals surface area contributed by atoms with Crippen molar-refractivity contribution in [2.24, 2.45) is 0 Å². The second-order valence-electron chi connectivity index (χ2n) is 6.51. The molecule has 0 spiro atoms. The van der Waals surface area contributed by atoms with Crippen molar-refractivity contribution in [3.63, 3.8) is 0 Å². The van der Waals surface area contributed by atoms with Gasteiger partial charge in [0, 0.05) is 7.05 Å². The highest BCUT2D eigenvalue weighted by Gasteiger charge is 2.26. The van der Waals surface area contributed by atoms with Gasteiger partial charge in [-0.2, -0.15) is 0 Å². The molecule has 5 nitrogen and oxygen atoms in total. The molecule has 0 bridgehead atoms. The van der Waals surface area contributed by atoms with Gasteiger partial charge in [-0.05, 0) is 54.7 Å². The van der Waals surface area contributed by atoms with Gasteiger partial charge >= 0.3 is 5.97 Å². The highest BCUT2D eigenvalue weighted by molar-refractivity contribution is 5.81. The lowest BCUT2D eigenvalue weighted by Crippen LogP contribution is -2.36. The second kappa shape index (κ2) is 8.66. The molecular formula is C21H22FNO4. The summed E-state index contributed by atoms with van der Waals surface area (Å²) in [5.41, 5.74) is 2.42. The molecule has 0 heterocycles. The van der Waals surface area contributed by atoms with Crippen LogP contribution in [0.5, 0.6) is 5.75 Å². The maximum atomic E-state index is 12.8. The number of likely N-dealkylation sites (N-methyl/N-ethyl adjacent to an activating group) is 1. The van der Waals surface area contributed by atoms with Gasteiger partial charge in [0.1, 0.15) is 11.6 Å². The first-order valence-corrected chi connectivity index (χ1v) is 8.92. The molecule has 1 aliphatic carbocycles. The van der Waals surface area contributed by atoms with Crippen LogP contribution in [-0.4, -0.2) is 37.0 Å². The highest BCUT2D eigenvalue weighted by Crippen LogP contribution is 2.33. The molecule has 0 saturated heterocycles. The molecule has 3 rings (SSSR count). The molecule has 0 N–H and O–H groups in total. The molecule has 1 aliphatic rings. The minimum atomic E-state index is -0.648. The van der Waals surface area contributed by atoms with Crippen LogP contribution >= 0.6 is 0 Å². The predicted molar refractivity (Wildman–Crippen MR) is 97.7 cm³/mol. The number of rotatable bonds is 6. The van der Waals surface area contributed by atoms with Crippen molar-refractivity contribution in [2.75, 3.05) is 20.3 Å². The van der Waals surface area contributed by atoms with Crippen LogP contribution in [0, 0.1) is 5.82 Å². The number of ether oxygens (including phenoxy) is 2. The predicted octanol–water partition coefficient (Wildman–Crippen LogP) is 3.28. The Morgan fingerprint density at radius 3 is 2.63 bits per heavy atom. The Kier molecular flexibility index (Phi) is 6.06. The monoisotopic (exact) mass is 371 g/mol. The number of nitrogens with zero attached hydrogens (tertiary/aromatic N) is 1. The minimum absolute atomic E-state index is 0.00313. The van der Waals surface area contributed by atoms with Gasteiger partial charge in [0.2, 0.25) is 0 Å². The lowest BCUT2D eigenvalue weighted by Gasteiger charge is -2.33. The Balaban J connectivity index is 1.49. The largest absolute Gasteiger partial charge is 0.482 e. The van der Waals surface area contributed by atoms with E-state index in [1.54, 1.807) is 11.9 Å². The van der Waals surface area contributed by atoms with Crippen molar-refractivity contribution in [3.8, 4) is 5.75 Å². The lowest BCUT2D eigenvalue weighted by molar-refractivity contribution is -0.154. The fourth-order valence-corrected chi connectivity index (χ4v) is 3.26. The molecule has 0 fully saturated rings. The number of carbonyl (C=O) groups is 2. The van der Waals surface area contributed by atoms with Gasteiger partial charge in [-0.15, -0.1) is 0 Å². The van der Waals surface area contributed by atoms with Crippen molar-refractivity contribution < 1.29 is 23.5 Å². The first-order chi connectivity index (χ1) is 13.0. The van der Waals surface area contributed by atoms with Gasteiger partial charge in [-0.25, -0.2) is 9.18 Å². The summed E-state index contributed by atoms with van der Waals surface area (Å²) in [6.07, 6.45) is 2.93. The van der Waals surface area contributed by atoms with Crippen molar-refractivity contribution in [1.82, 2.24) is 4.90 Å². The van der Waals surface area contributed by atoms with Crippen molar-refractivity contribution in [1.29, 1.82) is 0 Å². The summed E-state index contributed by atoms with van der Waals surface area (Å²) in [4.78, 5) is 25.9. The molecule has 0 aliphatic heterocycles. The van der Waals surface area contributed by atoms with Gasteiger partial charge in [-0.1, -0.05) is 24.3 Å². The number of esters is 1. The summed E-state index contributed by atoms with van der Waals surface area (Å²) in [6, 6.07) is 13.4. The molecule has 2 aromatic rings. The smallest absolute Gasteiger partial charge is 0.344 e. The van der Waals surface area contributed by atoms with E-state index in [1.165, 1.54) is 29.8 Å². The molecule has 0 saturated carbocycles. The molecule has 6 heteroatoms. The van der Waals surface area contributed by atoms with Gasteiger partial charge in [0.25, 0.3) is 5.91 Å². The summed E-state index contributed by atoms with van der Waals surface area (Å²) in [5, 5.41) is 0. The molecule has 1 atom stereocenters. The zero-order valence-electron chi connectivity index (χ0n) is 15.2. The van der Waals surface area contributed by atoms with Crippen molar-refractivity contribution >= 4 is 11.9 Å². The summed E-state index contributed by atoms with van der Waals surface area (Å²) in [7, 11) is 1.73. The number of carbonyl (C=O) groups excluding carboxylic acids is 2. The van der Waals surface area contributed by atoms with E-state index in [2.05, 4.69) is 6.07 Å². The lowest BCUT2D eigenvalue weighted by atomic mass is 9.87. The van der Waals surface area contributed by atoms with Crippen LogP contribution in [0.25, 0.3) is 0 Å². The van der Waals surface area contributed by atoms with Gasteiger partial charge in [-0.3, -0.25) is 4.79 Å². The fraction of sp³-hybridized carbons (Fsp3) is 0.333. The summed E-state index contributed by atoms with van der Waals surface area (Å²) < 4.78 is 23.1. The molecule has 0 radical (unpaired) electrons. The Labute approximate surface area is 157 Å². The molecule has 0 unspecified atom stereocenters. The Hall–Kier alpha value is -2.89. The van der Waals surface area contributed by atoms with Crippen LogP contribution in [0.3, 0.4) is 0 Å². The first kappa shape index (κ1) is 18.9. The SMILES string of the molecule is CN(C(=O)COC(=O)COc1ccc(F)cc1)[C@H]1CCCc2ccccc21. The standard InChI is InChI=1S/C21H22FNO4/c1-23(19-8-4-6-15-5-2-3-7-18(15)19)20(24)13-27-21(25)14-26-17-11-9-16(22)10-12-17/h2-3,5,7,9-12,19H,4,6,8,13-14H2,1H3/t19-/m0/s1. The number of hydrogen-bond donors (Lipinski definition) is 0. The van der Waals surface area contributed by atoms with Gasteiger partial charge in [0.05, 0.1) is 6.04 Å². The van der Waals surface area contributed by atoms with Crippen molar-refractivity contribution in [3.05, 3.63) is 65.5 Å². The normalized spacial score (nSPS) is 15.6. The average Bonchev–Trinajstić information content (AvgIpc) is 2.70. The number of benzene rings is 2. The second-order valence-corrected chi connectivity index (χ2v) is 6.51. The van der Waals surface area contributed by atoms with Crippen LogP contribution in [0.2, 0.25) is 0 Å². The topological polar surface area (TPSA) is 55.8 Å². The summed E-state index contributed by atoms with van der Waals surface area (Å²) in [6.45, 7) is -0.671. The maximum Gasteiger partial charge on any atom is 0.344 e. The fourth-order valence-electron chi connectivity index (χ4n) is 3.26. The number of halogens is 1. The van der Waals surface area contributed by atoms with Crippen molar-refractivity contribution in [2.45, 2.75) is 25.3 Å². The van der Waals surface area contributed by atoms with Crippen LogP contribution in [0.15, 0.2) is 48.5 Å². The Morgan fingerprint density at radius 2 is 1.85 bits per heavy atom. The van der Waals surface area contributed by atoms with Crippen LogP contribution in [0.4, 0.5) is 4.39 Å². The average molecular weight is 371 g/mol. The molecule has 142 valence electrons. The zero-order valence-corrected chi connectivity index (χ0v) is 15.2. The number of hydrogen-bond acceptors (Lipinski definition) is 4. The molecular weight excluding hydrogens is 349 g/mol. The third kappa shape index (κ3) is 4.84. The number of aryl methyl sites for hydroxylation is 1. The summed E-state index contributed by atoms with van der Waals surface area (Å²) in [5.74, 6) is -0.935. The molecule has 1 amide bonds.